The molecule has 10 amide bonds. The van der Waals surface area contributed by atoms with E-state index in [2.05, 4.69) is 81.1 Å². The molecule has 0 fully saturated rings. The molecule has 35 heteroatoms. The van der Waals surface area contributed by atoms with E-state index in [1.807, 2.05) is 0 Å². The topological polar surface area (TPSA) is 567 Å². The highest BCUT2D eigenvalue weighted by Crippen LogP contribution is 2.15. The fraction of sp³-hybridized carbons (Fsp3) is 0.519. The first-order chi connectivity index (χ1) is 42.0. The van der Waals surface area contributed by atoms with Gasteiger partial charge in [-0.15, -0.1) is 0 Å². The highest BCUT2D eigenvalue weighted by atomic mass is 32.1. The number of phenols is 2. The molecule has 0 aliphatic heterocycles. The number of rotatable bonds is 40. The van der Waals surface area contributed by atoms with E-state index in [1.165, 1.54) is 55.6 Å². The van der Waals surface area contributed by atoms with Gasteiger partial charge in [0.1, 0.15) is 66.4 Å². The van der Waals surface area contributed by atoms with Crippen molar-refractivity contribution < 1.29 is 83.1 Å². The number of aliphatic hydroxyl groups is 3. The smallest absolute Gasteiger partial charge is 0.245 e. The van der Waals surface area contributed by atoms with Crippen LogP contribution in [-0.2, 0) is 70.4 Å². The van der Waals surface area contributed by atoms with Crippen LogP contribution in [0, 0.1) is 0 Å². The third-order valence-corrected chi connectivity index (χ3v) is 13.3. The fourth-order valence-electron chi connectivity index (χ4n) is 8.13. The molecule has 89 heavy (non-hydrogen) atoms. The van der Waals surface area contributed by atoms with Gasteiger partial charge in [-0.3, -0.25) is 57.9 Å². The van der Waals surface area contributed by atoms with Crippen LogP contribution in [0.2, 0.25) is 0 Å². The predicted molar refractivity (Wildman–Crippen MR) is 323 cm³/mol. The van der Waals surface area contributed by atoms with Crippen molar-refractivity contribution in [1.82, 2.24) is 58.5 Å². The lowest BCUT2D eigenvalue weighted by molar-refractivity contribution is -0.138. The number of aromatic hydroxyl groups is 2. The van der Waals surface area contributed by atoms with E-state index < -0.39 is 150 Å². The van der Waals surface area contributed by atoms with Gasteiger partial charge >= 0.3 is 0 Å². The number of aliphatic imine (C=N–C) groups is 2. The Balaban J connectivity index is 2.36. The van der Waals surface area contributed by atoms with Gasteiger partial charge in [0, 0.05) is 31.7 Å². The number of aldehydes is 2. The second-order valence-electron chi connectivity index (χ2n) is 20.3. The first kappa shape index (κ1) is 75.9. The Morgan fingerprint density at radius 1 is 0.506 bits per heavy atom. The van der Waals surface area contributed by atoms with Crippen LogP contribution in [0.1, 0.15) is 64.0 Å². The molecule has 0 saturated heterocycles. The minimum atomic E-state index is -1.89. The normalized spacial score (nSPS) is 14.9. The average molecular weight is 1270 g/mol. The molecule has 34 nitrogen and oxygen atoms in total. The van der Waals surface area contributed by atoms with Crippen molar-refractivity contribution >= 4 is 96.2 Å². The number of thiol groups is 1. The molecule has 1 unspecified atom stereocenters. The lowest BCUT2D eigenvalue weighted by Gasteiger charge is -2.29. The van der Waals surface area contributed by atoms with Gasteiger partial charge in [-0.2, -0.15) is 12.6 Å². The maximum absolute atomic E-state index is 14.5. The molecule has 0 aliphatic carbocycles. The van der Waals surface area contributed by atoms with Crippen molar-refractivity contribution in [2.75, 3.05) is 39.0 Å². The minimum Gasteiger partial charge on any atom is -0.508 e. The molecule has 24 N–H and O–H groups in total. The van der Waals surface area contributed by atoms with E-state index in [0.717, 1.165) is 20.8 Å². The van der Waals surface area contributed by atoms with Gasteiger partial charge in [-0.25, -0.2) is 0 Å². The summed E-state index contributed by atoms with van der Waals surface area (Å²) >= 11 is 4.16. The number of phenolic OH excluding ortho intramolecular Hbond substituents is 2. The second-order valence-corrected chi connectivity index (χ2v) is 20.7. The molecule has 0 bridgehead atoms. The first-order valence-corrected chi connectivity index (χ1v) is 28.5. The van der Waals surface area contributed by atoms with Gasteiger partial charge in [-0.1, -0.05) is 24.3 Å². The maximum Gasteiger partial charge on any atom is 0.245 e. The number of nitrogens with one attached hydrogen (secondary N) is 11. The van der Waals surface area contributed by atoms with Gasteiger partial charge < -0.3 is 117 Å². The molecular formula is C54H83N17O17S. The van der Waals surface area contributed by atoms with Crippen molar-refractivity contribution in [2.45, 2.75) is 138 Å². The van der Waals surface area contributed by atoms with Crippen LogP contribution in [0.25, 0.3) is 0 Å². The largest absolute Gasteiger partial charge is 0.508 e. The molecule has 0 radical (unpaired) electrons. The van der Waals surface area contributed by atoms with E-state index in [0.29, 0.717) is 23.7 Å². The Morgan fingerprint density at radius 3 is 1.31 bits per heavy atom. The molecule has 2 aromatic carbocycles. The molecule has 0 aliphatic rings. The van der Waals surface area contributed by atoms with Gasteiger partial charge in [-0.05, 0) is 88.9 Å². The summed E-state index contributed by atoms with van der Waals surface area (Å²) < 4.78 is 0. The van der Waals surface area contributed by atoms with Gasteiger partial charge in [0.15, 0.2) is 11.9 Å². The van der Waals surface area contributed by atoms with Crippen LogP contribution in [0.5, 0.6) is 11.5 Å². The number of aliphatic hydroxyl groups excluding tert-OH is 3. The monoisotopic (exact) mass is 1270 g/mol. The number of carbonyl (C=O) groups excluding carboxylic acids is 12. The number of hydrogen-bond donors (Lipinski definition) is 21. The highest BCUT2D eigenvalue weighted by molar-refractivity contribution is 7.80. The summed E-state index contributed by atoms with van der Waals surface area (Å²) in [5, 5.41) is 78.0. The van der Waals surface area contributed by atoms with Crippen LogP contribution < -0.4 is 81.4 Å². The van der Waals surface area contributed by atoms with E-state index in [4.69, 9.17) is 22.9 Å². The number of carbonyl (C=O) groups is 12. The standard InChI is InChI=1S/C54H83N17O17S/c1-27(74)42(50(86)64-32(25-73)7-5-17-61-53(55)56)70-52(88)44(29(3)76)71-51(87)43(28(2)75)69-49(85)39(26-89)65-40(79)23-36(59-4)46(82)67-38(22-31-11-15-34(78)16-12-31)48(84)68-37(21-30-9-13-33(77)14-10-30)47(83)66-35(8-6-18-62-54(57)58)45(81)63-24-41(80)60-19-20-72/h9-16,20,25,27-29,32,35-39,42-44,59,74-78,89H,5-8,17-19,21-24,26H2,1-4H3,(H,60,80)(H,63,81)(H,64,86)(H,65,79)(H,66,83)(H,67,82)(H,68,84)(H,69,85)(H,70,88)(H,71,87)(H4,55,56,61)(H4,57,58,62)/t27-,28-,29-,32+,35+,36+,37?,38+,39-,42+,43+,44+/m1/s1. The second kappa shape index (κ2) is 39.6. The molecule has 12 atom stereocenters. The fourth-order valence-corrected chi connectivity index (χ4v) is 8.39. The molecule has 492 valence electrons. The van der Waals surface area contributed by atoms with Crippen molar-refractivity contribution in [3.05, 3.63) is 59.7 Å². The zero-order chi connectivity index (χ0) is 66.9. The Bertz CT molecular complexity index is 2770. The Morgan fingerprint density at radius 2 is 0.910 bits per heavy atom. The summed E-state index contributed by atoms with van der Waals surface area (Å²) in [6, 6.07) is -3.02. The van der Waals surface area contributed by atoms with Crippen molar-refractivity contribution in [2.24, 2.45) is 32.9 Å². The quantitative estimate of drug-likeness (QED) is 0.00969. The average Bonchev–Trinajstić information content (AvgIpc) is 3.65. The lowest BCUT2D eigenvalue weighted by Crippen LogP contribution is -2.63. The molecule has 2 aromatic rings. The van der Waals surface area contributed by atoms with Gasteiger partial charge in [0.05, 0.1) is 49.9 Å². The number of amides is 10. The molecule has 0 aromatic heterocycles. The van der Waals surface area contributed by atoms with E-state index >= 15 is 0 Å². The third-order valence-electron chi connectivity index (χ3n) is 12.9. The SMILES string of the molecule is CN[C@@H](CC(=O)N[C@H](CS)C(=O)N[C@H](C(=O)N[C@H](C(=O)N[C@H](C(=O)N[C@H](C=O)CCCN=C(N)N)[C@@H](C)O)[C@@H](C)O)[C@@H](C)O)C(=O)N[C@@H](Cc1ccc(O)cc1)C(=O)NC(Cc1ccc(O)cc1)C(=O)N[C@@H](CCCN=C(N)N)C(=O)NCC(=O)NCC=O. The third kappa shape index (κ3) is 28.5. The number of hydrogen-bond acceptors (Lipinski definition) is 21. The lowest BCUT2D eigenvalue weighted by atomic mass is 10.0. The Labute approximate surface area is 517 Å². The number of nitrogens with zero attached hydrogens (tertiary/aromatic N) is 2. The Hall–Kier alpha value is -9.19. The summed E-state index contributed by atoms with van der Waals surface area (Å²) in [7, 11) is 1.30. The number of nitrogens with two attached hydrogens (primary N) is 4. The highest BCUT2D eigenvalue weighted by Gasteiger charge is 2.37. The van der Waals surface area contributed by atoms with Crippen molar-refractivity contribution in [3.8, 4) is 11.5 Å². The van der Waals surface area contributed by atoms with Crippen LogP contribution in [0.15, 0.2) is 58.5 Å². The molecule has 0 heterocycles. The van der Waals surface area contributed by atoms with Crippen LogP contribution in [0.4, 0.5) is 0 Å². The molecular weight excluding hydrogens is 1190 g/mol. The van der Waals surface area contributed by atoms with Crippen LogP contribution in [0.3, 0.4) is 0 Å². The summed E-state index contributed by atoms with van der Waals surface area (Å²) in [5.41, 5.74) is 22.3. The number of likely N-dealkylation sites (N-methyl/N-ethyl adjacent to an activating group) is 1. The van der Waals surface area contributed by atoms with E-state index in [1.54, 1.807) is 0 Å². The van der Waals surface area contributed by atoms with E-state index in [9.17, 15) is 83.1 Å². The van der Waals surface area contributed by atoms with Gasteiger partial charge in [0.2, 0.25) is 59.1 Å². The number of guanidine groups is 2. The summed E-state index contributed by atoms with van der Waals surface area (Å²) in [6.07, 6.45) is -5.07. The summed E-state index contributed by atoms with van der Waals surface area (Å²) in [5.74, 6) is -11.1. The molecule has 0 saturated carbocycles. The first-order valence-electron chi connectivity index (χ1n) is 27.9. The maximum atomic E-state index is 14.5. The molecule has 2 rings (SSSR count). The minimum absolute atomic E-state index is 0.0242. The molecule has 0 spiro atoms. The summed E-state index contributed by atoms with van der Waals surface area (Å²) in [4.78, 5) is 166. The van der Waals surface area contributed by atoms with Crippen LogP contribution >= 0.6 is 12.6 Å². The van der Waals surface area contributed by atoms with Crippen molar-refractivity contribution in [1.29, 1.82) is 0 Å². The van der Waals surface area contributed by atoms with E-state index in [-0.39, 0.29) is 81.6 Å². The Kier molecular flexibility index (Phi) is 33.7. The number of benzene rings is 2. The zero-order valence-corrected chi connectivity index (χ0v) is 50.4. The zero-order valence-electron chi connectivity index (χ0n) is 49.5. The van der Waals surface area contributed by atoms with Crippen LogP contribution in [-0.4, -0.2) is 221 Å². The van der Waals surface area contributed by atoms with Crippen molar-refractivity contribution in [3.63, 3.8) is 0 Å². The summed E-state index contributed by atoms with van der Waals surface area (Å²) in [6.45, 7) is 2.55. The van der Waals surface area contributed by atoms with Gasteiger partial charge in [0.25, 0.3) is 0 Å². The predicted octanol–water partition coefficient (Wildman–Crippen LogP) is -8.45.